The van der Waals surface area contributed by atoms with E-state index in [9.17, 15) is 9.36 Å². The molecule has 0 fully saturated rings. The third-order valence-electron chi connectivity index (χ3n) is 2.87. The van der Waals surface area contributed by atoms with Gasteiger partial charge in [-0.2, -0.15) is 0 Å². The van der Waals surface area contributed by atoms with Crippen molar-refractivity contribution in [1.29, 1.82) is 0 Å². The number of ether oxygens (including phenoxy) is 1. The Morgan fingerprint density at radius 2 is 1.87 bits per heavy atom. The Labute approximate surface area is 139 Å². The second kappa shape index (κ2) is 8.51. The van der Waals surface area contributed by atoms with Gasteiger partial charge in [0.05, 0.1) is 12.8 Å². The highest BCUT2D eigenvalue weighted by Crippen LogP contribution is 2.48. The maximum Gasteiger partial charge on any atom is 0.323 e. The highest BCUT2D eigenvalue weighted by molar-refractivity contribution is 7.57. The van der Waals surface area contributed by atoms with Crippen molar-refractivity contribution >= 4 is 13.5 Å². The fraction of sp³-hybridized carbons (Fsp3) is 0.588. The van der Waals surface area contributed by atoms with E-state index >= 15 is 0 Å². The van der Waals surface area contributed by atoms with Gasteiger partial charge in [0.1, 0.15) is 11.8 Å². The first-order valence-electron chi connectivity index (χ1n) is 7.93. The number of carbonyl (C=O) groups is 1. The summed E-state index contributed by atoms with van der Waals surface area (Å²) in [6, 6.07) is 8.29. The van der Waals surface area contributed by atoms with E-state index in [1.807, 2.05) is 45.9 Å². The van der Waals surface area contributed by atoms with Crippen LogP contribution in [0.25, 0.3) is 0 Å². The third-order valence-corrected chi connectivity index (χ3v) is 5.52. The van der Waals surface area contributed by atoms with Gasteiger partial charge in [0.25, 0.3) is 0 Å². The molecule has 0 saturated carbocycles. The van der Waals surface area contributed by atoms with Crippen LogP contribution in [0.15, 0.2) is 30.3 Å². The molecule has 2 unspecified atom stereocenters. The number of benzene rings is 1. The predicted molar refractivity (Wildman–Crippen MR) is 92.8 cm³/mol. The summed E-state index contributed by atoms with van der Waals surface area (Å²) in [5.41, 5.74) is -0.218. The summed E-state index contributed by atoms with van der Waals surface area (Å²) in [7, 11) is -3.26. The van der Waals surface area contributed by atoms with Crippen LogP contribution < -0.4 is 9.61 Å². The van der Waals surface area contributed by atoms with Gasteiger partial charge in [-0.1, -0.05) is 45.9 Å². The van der Waals surface area contributed by atoms with Gasteiger partial charge < -0.3 is 9.26 Å². The van der Waals surface area contributed by atoms with Gasteiger partial charge in [0, 0.05) is 0 Å². The maximum absolute atomic E-state index is 13.2. The molecule has 0 bridgehead atoms. The second-order valence-electron chi connectivity index (χ2n) is 6.81. The van der Waals surface area contributed by atoms with Crippen molar-refractivity contribution in [2.24, 2.45) is 5.41 Å². The van der Waals surface area contributed by atoms with Gasteiger partial charge >= 0.3 is 13.5 Å². The molecule has 0 aliphatic carbocycles. The van der Waals surface area contributed by atoms with E-state index in [1.165, 1.54) is 0 Å². The molecule has 1 rings (SSSR count). The molecule has 0 aliphatic rings. The van der Waals surface area contributed by atoms with E-state index in [0.717, 1.165) is 6.42 Å². The van der Waals surface area contributed by atoms with Crippen LogP contribution in [0.2, 0.25) is 0 Å². The third kappa shape index (κ3) is 7.67. The molecule has 0 heterocycles. The molecule has 1 aromatic rings. The van der Waals surface area contributed by atoms with Crippen molar-refractivity contribution in [1.82, 2.24) is 5.09 Å². The summed E-state index contributed by atoms with van der Waals surface area (Å²) >= 11 is 0. The number of esters is 1. The molecule has 0 aliphatic heterocycles. The highest BCUT2D eigenvalue weighted by atomic mass is 31.2. The number of para-hydroxylation sites is 1. The Bertz CT molecular complexity index is 539. The van der Waals surface area contributed by atoms with Gasteiger partial charge in [0.15, 0.2) is 0 Å². The normalized spacial score (nSPS) is 15.5. The lowest BCUT2D eigenvalue weighted by molar-refractivity contribution is -0.145. The molecule has 1 N–H and O–H groups in total. The zero-order valence-corrected chi connectivity index (χ0v) is 15.6. The summed E-state index contributed by atoms with van der Waals surface area (Å²) < 4.78 is 24.1. The monoisotopic (exact) mass is 341 g/mol. The molecule has 130 valence electrons. The molecule has 0 saturated heterocycles. The van der Waals surface area contributed by atoms with Crippen molar-refractivity contribution in [2.75, 3.05) is 12.8 Å². The Balaban J connectivity index is 2.87. The van der Waals surface area contributed by atoms with E-state index < -0.39 is 19.5 Å². The minimum Gasteiger partial charge on any atom is -0.465 e. The number of hydrogen-bond acceptors (Lipinski definition) is 4. The van der Waals surface area contributed by atoms with Crippen LogP contribution in [0.5, 0.6) is 5.75 Å². The summed E-state index contributed by atoms with van der Waals surface area (Å²) in [4.78, 5) is 11.9. The average Bonchev–Trinajstić information content (AvgIpc) is 2.43. The van der Waals surface area contributed by atoms with Gasteiger partial charge in [-0.3, -0.25) is 9.36 Å². The standard InChI is InChI=1S/C17H28NO4P/c1-6-12-21-16(19)14(2)18-23(20,13-17(3,4)5)22-15-10-8-7-9-11-15/h7-11,14H,6,12-13H2,1-5H3,(H,18,20). The Kier molecular flexibility index (Phi) is 7.30. The summed E-state index contributed by atoms with van der Waals surface area (Å²) in [6.45, 7) is 9.87. The molecule has 0 aromatic heterocycles. The molecular formula is C17H28NO4P. The lowest BCUT2D eigenvalue weighted by atomic mass is 10.0. The van der Waals surface area contributed by atoms with Gasteiger partial charge in [-0.25, -0.2) is 5.09 Å². The summed E-state index contributed by atoms with van der Waals surface area (Å²) in [6.07, 6.45) is 1.05. The lowest BCUT2D eigenvalue weighted by Crippen LogP contribution is -2.36. The topological polar surface area (TPSA) is 64.6 Å². The van der Waals surface area contributed by atoms with Gasteiger partial charge in [-0.05, 0) is 30.9 Å². The van der Waals surface area contributed by atoms with Crippen LogP contribution >= 0.6 is 7.52 Å². The van der Waals surface area contributed by atoms with E-state index in [-0.39, 0.29) is 5.41 Å². The predicted octanol–water partition coefficient (Wildman–Crippen LogP) is 4.24. The van der Waals surface area contributed by atoms with Crippen LogP contribution in [0.1, 0.15) is 41.0 Å². The highest BCUT2D eigenvalue weighted by Gasteiger charge is 2.34. The van der Waals surface area contributed by atoms with Gasteiger partial charge in [0.2, 0.25) is 0 Å². The molecule has 1 aromatic carbocycles. The minimum absolute atomic E-state index is 0.218. The van der Waals surface area contributed by atoms with Crippen LogP contribution in [0.4, 0.5) is 0 Å². The van der Waals surface area contributed by atoms with E-state index in [4.69, 9.17) is 9.26 Å². The number of rotatable bonds is 8. The van der Waals surface area contributed by atoms with Crippen molar-refractivity contribution in [3.05, 3.63) is 30.3 Å². The van der Waals surface area contributed by atoms with Crippen molar-refractivity contribution in [3.8, 4) is 5.75 Å². The number of hydrogen-bond donors (Lipinski definition) is 1. The van der Waals surface area contributed by atoms with Gasteiger partial charge in [-0.15, -0.1) is 0 Å². The summed E-state index contributed by atoms with van der Waals surface area (Å²) in [5, 5.41) is 2.87. The smallest absolute Gasteiger partial charge is 0.323 e. The van der Waals surface area contributed by atoms with Crippen molar-refractivity contribution in [3.63, 3.8) is 0 Å². The van der Waals surface area contributed by atoms with Crippen LogP contribution in [0.3, 0.4) is 0 Å². The SMILES string of the molecule is CCCOC(=O)C(C)NP(=O)(CC(C)(C)C)Oc1ccccc1. The van der Waals surface area contributed by atoms with E-state index in [0.29, 0.717) is 18.5 Å². The molecule has 0 spiro atoms. The molecular weight excluding hydrogens is 313 g/mol. The first kappa shape index (κ1) is 19.7. The Morgan fingerprint density at radius 3 is 2.39 bits per heavy atom. The summed E-state index contributed by atoms with van der Waals surface area (Å²) in [5.74, 6) is 0.0966. The van der Waals surface area contributed by atoms with Crippen LogP contribution in [-0.4, -0.2) is 24.8 Å². The van der Waals surface area contributed by atoms with Crippen molar-refractivity contribution < 1.29 is 18.6 Å². The fourth-order valence-electron chi connectivity index (χ4n) is 2.06. The number of carbonyl (C=O) groups excluding carboxylic acids is 1. The molecule has 0 amide bonds. The van der Waals surface area contributed by atoms with E-state index in [2.05, 4.69) is 5.09 Å². The first-order chi connectivity index (χ1) is 10.7. The van der Waals surface area contributed by atoms with Crippen molar-refractivity contribution in [2.45, 2.75) is 47.1 Å². The maximum atomic E-state index is 13.2. The largest absolute Gasteiger partial charge is 0.465 e. The molecule has 2 atom stereocenters. The van der Waals surface area contributed by atoms with Crippen LogP contribution in [-0.2, 0) is 14.1 Å². The Hall–Kier alpha value is -1.32. The zero-order valence-electron chi connectivity index (χ0n) is 14.7. The minimum atomic E-state index is -3.26. The lowest BCUT2D eigenvalue weighted by Gasteiger charge is -2.29. The molecule has 23 heavy (non-hydrogen) atoms. The average molecular weight is 341 g/mol. The fourth-order valence-corrected chi connectivity index (χ4v) is 4.67. The first-order valence-corrected chi connectivity index (χ1v) is 9.74. The van der Waals surface area contributed by atoms with Crippen LogP contribution in [0, 0.1) is 5.41 Å². The Morgan fingerprint density at radius 1 is 1.26 bits per heavy atom. The molecule has 5 nitrogen and oxygen atoms in total. The zero-order chi connectivity index (χ0) is 17.5. The molecule has 0 radical (unpaired) electrons. The second-order valence-corrected chi connectivity index (χ2v) is 8.92. The number of nitrogens with one attached hydrogen (secondary N) is 1. The quantitative estimate of drug-likeness (QED) is 0.566. The van der Waals surface area contributed by atoms with E-state index in [1.54, 1.807) is 19.1 Å². The molecule has 6 heteroatoms.